The summed E-state index contributed by atoms with van der Waals surface area (Å²) >= 11 is 6.25. The van der Waals surface area contributed by atoms with Gasteiger partial charge in [-0.15, -0.1) is 11.3 Å². The molecule has 67 heavy (non-hydrogen) atoms. The number of piperidine rings is 2. The van der Waals surface area contributed by atoms with Crippen LogP contribution >= 0.6 is 38.6 Å². The van der Waals surface area contributed by atoms with Gasteiger partial charge >= 0.3 is 0 Å². The zero-order chi connectivity index (χ0) is 46.3. The average Bonchev–Trinajstić information content (AvgIpc) is 3.87. The first kappa shape index (κ1) is 45.9. The van der Waals surface area contributed by atoms with Crippen LogP contribution in [-0.4, -0.2) is 80.4 Å². The van der Waals surface area contributed by atoms with Crippen LogP contribution in [0.25, 0.3) is 21.5 Å². The lowest BCUT2D eigenvalue weighted by atomic mass is 9.49. The van der Waals surface area contributed by atoms with E-state index in [4.69, 9.17) is 0 Å². The number of aromatic nitrogens is 6. The predicted octanol–water partition coefficient (Wildman–Crippen LogP) is 8.80. The Balaban J connectivity index is 0.000000141. The number of nitrogens with one attached hydrogen (secondary N) is 5. The number of hydrogen-bond donors (Lipinski definition) is 5. The van der Waals surface area contributed by atoms with Gasteiger partial charge in [0.1, 0.15) is 9.75 Å². The molecule has 14 nitrogen and oxygen atoms in total. The fraction of sp³-hybridized carbons (Fsp3) is 0.520. The van der Waals surface area contributed by atoms with Gasteiger partial charge in [-0.25, -0.2) is 20.2 Å². The molecule has 5 N–H and O–H groups in total. The highest BCUT2D eigenvalue weighted by Crippen LogP contribution is 2.63. The predicted molar refractivity (Wildman–Crippen MR) is 269 cm³/mol. The van der Waals surface area contributed by atoms with Crippen molar-refractivity contribution in [2.24, 2.45) is 10.8 Å². The Morgan fingerprint density at radius 2 is 1.07 bits per heavy atom. The van der Waals surface area contributed by atoms with E-state index in [9.17, 15) is 19.2 Å². The van der Waals surface area contributed by atoms with E-state index in [1.807, 2.05) is 62.4 Å². The lowest BCUT2D eigenvalue weighted by molar-refractivity contribution is -0.0199. The van der Waals surface area contributed by atoms with Crippen LogP contribution in [0, 0.1) is 24.7 Å². The number of carbonyl (C=O) groups is 2. The van der Waals surface area contributed by atoms with E-state index in [0.717, 1.165) is 112 Å². The fourth-order valence-electron chi connectivity index (χ4n) is 11.8. The minimum absolute atomic E-state index is 0.0234. The van der Waals surface area contributed by atoms with E-state index in [1.165, 1.54) is 74.3 Å². The molecule has 6 fully saturated rings. The van der Waals surface area contributed by atoms with Gasteiger partial charge in [0.25, 0.3) is 22.9 Å². The van der Waals surface area contributed by atoms with Crippen molar-refractivity contribution in [2.45, 2.75) is 128 Å². The van der Waals surface area contributed by atoms with E-state index in [2.05, 4.69) is 67.1 Å². The van der Waals surface area contributed by atoms with Crippen LogP contribution in [0.4, 0.5) is 5.13 Å². The standard InChI is InChI=1S/C25H29N5O2S.C20H19BrN4O2S.C5H11N/c1-15-21(33-24(26-15)30-9-5-2-6-10-30)23(32)27-17-13-25(14-17)11-16(12-25)20-18-7-3-4-8-19(18)22(31)29-28-20;1-10-16(28-19(21)22-10)18(27)23-12-8-20(9-12)6-11(7-20)15-13-4-2-3-5-14(13)17(26)25-24-15;1-2-4-6-5-3-1/h3-4,7-8,16-17H,2,5-6,9-14H2,1H3,(H,27,32)(H,29,31);2-5,11-12H,6-9H2,1H3,(H,23,27)(H,25,26);6H,1-5H2. The highest BCUT2D eigenvalue weighted by molar-refractivity contribution is 9.11. The minimum Gasteiger partial charge on any atom is -0.349 e. The van der Waals surface area contributed by atoms with Crippen molar-refractivity contribution in [3.05, 3.63) is 106 Å². The van der Waals surface area contributed by atoms with Crippen molar-refractivity contribution >= 4 is 77.1 Å². The molecule has 17 heteroatoms. The lowest BCUT2D eigenvalue weighted by Gasteiger charge is -2.57. The number of aryl methyl sites for hydroxylation is 2. The molecule has 352 valence electrons. The molecule has 2 amide bonds. The fourth-order valence-corrected chi connectivity index (χ4v) is 14.3. The summed E-state index contributed by atoms with van der Waals surface area (Å²) < 4.78 is 0.739. The molecule has 0 atom stereocenters. The zero-order valence-corrected chi connectivity index (χ0v) is 41.4. The van der Waals surface area contributed by atoms with Crippen LogP contribution in [0.15, 0.2) is 62.0 Å². The van der Waals surface area contributed by atoms with E-state index < -0.39 is 0 Å². The molecular formula is C50H59BrN10O4S2. The second-order valence-electron chi connectivity index (χ2n) is 20.0. The number of benzene rings is 2. The summed E-state index contributed by atoms with van der Waals surface area (Å²) in [6, 6.07) is 15.9. The summed E-state index contributed by atoms with van der Waals surface area (Å²) in [5.74, 6) is 0.749. The quantitative estimate of drug-likeness (QED) is 0.103. The van der Waals surface area contributed by atoms with E-state index in [0.29, 0.717) is 38.3 Å². The monoisotopic (exact) mass is 1010 g/mol. The van der Waals surface area contributed by atoms with Crippen molar-refractivity contribution in [3.8, 4) is 0 Å². The molecule has 2 aliphatic heterocycles. The molecule has 6 heterocycles. The largest absolute Gasteiger partial charge is 0.349 e. The number of aromatic amines is 2. The Hall–Kier alpha value is -4.84. The summed E-state index contributed by atoms with van der Waals surface area (Å²) in [5.41, 5.74) is 3.97. The Morgan fingerprint density at radius 3 is 1.51 bits per heavy atom. The third-order valence-electron chi connectivity index (χ3n) is 15.1. The lowest BCUT2D eigenvalue weighted by Crippen LogP contribution is -2.55. The molecular weight excluding hydrogens is 949 g/mol. The van der Waals surface area contributed by atoms with Gasteiger partial charge < -0.3 is 20.9 Å². The molecule has 6 aromatic rings. The smallest absolute Gasteiger partial charge is 0.272 e. The topological polar surface area (TPSA) is 191 Å². The molecule has 0 bridgehead atoms. The van der Waals surface area contributed by atoms with E-state index in [-0.39, 0.29) is 35.0 Å². The number of carbonyl (C=O) groups excluding carboxylic acids is 2. The summed E-state index contributed by atoms with van der Waals surface area (Å²) in [7, 11) is 0. The number of anilines is 1. The normalized spacial score (nSPS) is 26.2. The number of H-pyrrole nitrogens is 2. The van der Waals surface area contributed by atoms with Crippen molar-refractivity contribution in [3.63, 3.8) is 0 Å². The van der Waals surface area contributed by atoms with E-state index >= 15 is 0 Å². The number of hydrogen-bond acceptors (Lipinski definition) is 12. The minimum atomic E-state index is -0.134. The SMILES string of the molecule is C1CCNCC1.Cc1nc(Br)sc1C(=O)NC1CC2(C1)CC(c1n[nH]c(=O)c3ccccc13)C2.Cc1nc(N2CCCCC2)sc1C(=O)NC1CC2(C1)CC(c1n[nH]c(=O)c3ccccc13)C2. The van der Waals surface area contributed by atoms with Gasteiger partial charge in [0.2, 0.25) is 0 Å². The molecule has 12 rings (SSSR count). The molecule has 2 aromatic carbocycles. The first-order chi connectivity index (χ1) is 32.5. The Labute approximate surface area is 406 Å². The summed E-state index contributed by atoms with van der Waals surface area (Å²) in [5, 5.41) is 28.1. The first-order valence-electron chi connectivity index (χ1n) is 24.1. The van der Waals surface area contributed by atoms with Crippen LogP contribution in [0.1, 0.15) is 144 Å². The number of amides is 2. The molecule has 6 aliphatic rings. The van der Waals surface area contributed by atoms with Crippen molar-refractivity contribution in [2.75, 3.05) is 31.1 Å². The molecule has 4 aliphatic carbocycles. The number of nitrogens with zero attached hydrogens (tertiary/aromatic N) is 5. The van der Waals surface area contributed by atoms with Gasteiger partial charge in [0, 0.05) is 47.8 Å². The number of rotatable bonds is 7. The Kier molecular flexibility index (Phi) is 13.2. The van der Waals surface area contributed by atoms with Crippen molar-refractivity contribution in [1.82, 2.24) is 46.3 Å². The van der Waals surface area contributed by atoms with Gasteiger partial charge in [0.15, 0.2) is 9.05 Å². The molecule has 2 spiro atoms. The summed E-state index contributed by atoms with van der Waals surface area (Å²) in [6.45, 7) is 8.38. The second kappa shape index (κ2) is 19.3. The Bertz CT molecular complexity index is 2880. The summed E-state index contributed by atoms with van der Waals surface area (Å²) in [6.07, 6.45) is 16.2. The summed E-state index contributed by atoms with van der Waals surface area (Å²) in [4.78, 5) is 62.2. The highest BCUT2D eigenvalue weighted by atomic mass is 79.9. The second-order valence-corrected chi connectivity index (χ2v) is 23.2. The van der Waals surface area contributed by atoms with E-state index in [1.54, 1.807) is 0 Å². The highest BCUT2D eigenvalue weighted by Gasteiger charge is 2.55. The van der Waals surface area contributed by atoms with Crippen LogP contribution in [0.3, 0.4) is 0 Å². The molecule has 4 saturated carbocycles. The number of fused-ring (bicyclic) bond motifs is 2. The van der Waals surface area contributed by atoms with Crippen LogP contribution in [0.2, 0.25) is 0 Å². The molecule has 0 radical (unpaired) electrons. The molecule has 2 saturated heterocycles. The molecule has 0 unspecified atom stereocenters. The van der Waals surface area contributed by atoms with Gasteiger partial charge in [-0.1, -0.05) is 54.2 Å². The number of halogens is 1. The van der Waals surface area contributed by atoms with Crippen molar-refractivity contribution in [1.29, 1.82) is 0 Å². The Morgan fingerprint density at radius 1 is 0.627 bits per heavy atom. The zero-order valence-electron chi connectivity index (χ0n) is 38.2. The maximum Gasteiger partial charge on any atom is 0.272 e. The molecule has 4 aromatic heterocycles. The van der Waals surface area contributed by atoms with Gasteiger partial charge in [-0.3, -0.25) is 19.2 Å². The third-order valence-corrected chi connectivity index (χ3v) is 18.0. The van der Waals surface area contributed by atoms with Crippen LogP contribution in [0.5, 0.6) is 0 Å². The number of thiazole rings is 2. The first-order valence-corrected chi connectivity index (χ1v) is 26.5. The maximum absolute atomic E-state index is 12.9. The third kappa shape index (κ3) is 9.62. The van der Waals surface area contributed by atoms with Crippen LogP contribution in [-0.2, 0) is 0 Å². The maximum atomic E-state index is 12.9. The van der Waals surface area contributed by atoms with Gasteiger partial charge in [-0.2, -0.15) is 10.2 Å². The average molecular weight is 1010 g/mol. The van der Waals surface area contributed by atoms with Gasteiger partial charge in [-0.05, 0) is 149 Å². The van der Waals surface area contributed by atoms with Crippen molar-refractivity contribution < 1.29 is 9.59 Å². The van der Waals surface area contributed by atoms with Gasteiger partial charge in [0.05, 0.1) is 33.5 Å². The van der Waals surface area contributed by atoms with Crippen LogP contribution < -0.4 is 32.0 Å².